The van der Waals surface area contributed by atoms with Gasteiger partial charge in [0.05, 0.1) is 4.90 Å². The van der Waals surface area contributed by atoms with Crippen molar-refractivity contribution >= 4 is 10.0 Å². The number of hydrogen-bond donors (Lipinski definition) is 1. The highest BCUT2D eigenvalue weighted by Gasteiger charge is 2.26. The van der Waals surface area contributed by atoms with Gasteiger partial charge in [0.2, 0.25) is 10.0 Å². The molecule has 0 aliphatic carbocycles. The highest BCUT2D eigenvalue weighted by Crippen LogP contribution is 2.23. The highest BCUT2D eigenvalue weighted by atomic mass is 32.2. The number of rotatable bonds is 3. The van der Waals surface area contributed by atoms with Crippen LogP contribution < -0.4 is 5.43 Å². The van der Waals surface area contributed by atoms with E-state index in [-0.39, 0.29) is 5.43 Å². The third-order valence-electron chi connectivity index (χ3n) is 3.64. The zero-order chi connectivity index (χ0) is 14.9. The van der Waals surface area contributed by atoms with E-state index in [4.69, 9.17) is 0 Å². The molecule has 1 aromatic carbocycles. The van der Waals surface area contributed by atoms with Gasteiger partial charge < -0.3 is 4.98 Å². The number of aromatic nitrogens is 1. The van der Waals surface area contributed by atoms with Gasteiger partial charge in [-0.2, -0.15) is 4.31 Å². The predicted molar refractivity (Wildman–Crippen MR) is 80.5 cm³/mol. The monoisotopic (exact) mass is 304 g/mol. The first-order chi connectivity index (χ1) is 10.1. The summed E-state index contributed by atoms with van der Waals surface area (Å²) < 4.78 is 26.3. The number of nitrogens with one attached hydrogen (secondary N) is 1. The average Bonchev–Trinajstić information content (AvgIpc) is 3.02. The van der Waals surface area contributed by atoms with Crippen LogP contribution in [0.1, 0.15) is 12.8 Å². The number of nitrogens with zero attached hydrogens (tertiary/aromatic N) is 1. The second kappa shape index (κ2) is 5.46. The molecule has 0 saturated carbocycles. The molecule has 2 heterocycles. The van der Waals surface area contributed by atoms with Crippen LogP contribution in [-0.2, 0) is 10.0 Å². The molecule has 6 heteroatoms. The average molecular weight is 304 g/mol. The van der Waals surface area contributed by atoms with Crippen LogP contribution in [0.4, 0.5) is 0 Å². The van der Waals surface area contributed by atoms with Crippen molar-refractivity contribution in [3.8, 4) is 11.3 Å². The first kappa shape index (κ1) is 14.0. The molecule has 1 aliphatic rings. The Kier molecular flexibility index (Phi) is 3.65. The lowest BCUT2D eigenvalue weighted by Gasteiger charge is -2.15. The molecule has 110 valence electrons. The van der Waals surface area contributed by atoms with E-state index in [0.29, 0.717) is 23.7 Å². The van der Waals surface area contributed by atoms with Crippen molar-refractivity contribution in [2.24, 2.45) is 0 Å². The fourth-order valence-corrected chi connectivity index (χ4v) is 4.01. The molecule has 3 rings (SSSR count). The molecule has 1 N–H and O–H groups in total. The van der Waals surface area contributed by atoms with E-state index in [1.165, 1.54) is 16.4 Å². The van der Waals surface area contributed by atoms with E-state index < -0.39 is 10.0 Å². The van der Waals surface area contributed by atoms with Gasteiger partial charge in [-0.1, -0.05) is 12.1 Å². The molecule has 2 aromatic rings. The van der Waals surface area contributed by atoms with Gasteiger partial charge in [-0.3, -0.25) is 4.79 Å². The van der Waals surface area contributed by atoms with Gasteiger partial charge in [0.25, 0.3) is 0 Å². The summed E-state index contributed by atoms with van der Waals surface area (Å²) in [5, 5.41) is 0. The van der Waals surface area contributed by atoms with Crippen LogP contribution in [0.3, 0.4) is 0 Å². The number of pyridine rings is 1. The summed E-state index contributed by atoms with van der Waals surface area (Å²) in [6, 6.07) is 9.55. The Bertz CT molecular complexity index is 788. The Labute approximate surface area is 123 Å². The number of aromatic amines is 1. The van der Waals surface area contributed by atoms with Gasteiger partial charge in [0.1, 0.15) is 0 Å². The third kappa shape index (κ3) is 2.77. The largest absolute Gasteiger partial charge is 0.361 e. The Balaban J connectivity index is 1.92. The fraction of sp³-hybridized carbons (Fsp3) is 0.267. The number of H-pyrrole nitrogens is 1. The quantitative estimate of drug-likeness (QED) is 0.940. The number of sulfonamides is 1. The van der Waals surface area contributed by atoms with E-state index in [1.54, 1.807) is 30.5 Å². The van der Waals surface area contributed by atoms with Crippen molar-refractivity contribution in [1.82, 2.24) is 9.29 Å². The van der Waals surface area contributed by atoms with Gasteiger partial charge in [0, 0.05) is 37.1 Å². The van der Waals surface area contributed by atoms with Crippen LogP contribution in [0.15, 0.2) is 52.3 Å². The number of hydrogen-bond acceptors (Lipinski definition) is 3. The molecule has 0 spiro atoms. The lowest BCUT2D eigenvalue weighted by Crippen LogP contribution is -2.27. The molecule has 1 aromatic heterocycles. The molecule has 0 amide bonds. The fourth-order valence-electron chi connectivity index (χ4n) is 2.50. The van der Waals surface area contributed by atoms with Crippen molar-refractivity contribution in [2.75, 3.05) is 13.1 Å². The Hall–Kier alpha value is -1.92. The van der Waals surface area contributed by atoms with Gasteiger partial charge in [-0.15, -0.1) is 0 Å². The van der Waals surface area contributed by atoms with Gasteiger partial charge in [-0.05, 0) is 30.5 Å². The molecule has 0 radical (unpaired) electrons. The summed E-state index contributed by atoms with van der Waals surface area (Å²) in [6.07, 6.45) is 3.41. The normalized spacial score (nSPS) is 16.2. The van der Waals surface area contributed by atoms with Crippen LogP contribution in [0.2, 0.25) is 0 Å². The maximum absolute atomic E-state index is 12.4. The summed E-state index contributed by atoms with van der Waals surface area (Å²) in [5.41, 5.74) is 1.37. The lowest BCUT2D eigenvalue weighted by molar-refractivity contribution is 0.477. The van der Waals surface area contributed by atoms with E-state index in [0.717, 1.165) is 18.4 Å². The van der Waals surface area contributed by atoms with E-state index in [9.17, 15) is 13.2 Å². The molecule has 1 saturated heterocycles. The Morgan fingerprint density at radius 2 is 1.67 bits per heavy atom. The zero-order valence-electron chi connectivity index (χ0n) is 11.5. The minimum Gasteiger partial charge on any atom is -0.361 e. The molecule has 5 nitrogen and oxygen atoms in total. The van der Waals surface area contributed by atoms with Crippen molar-refractivity contribution in [2.45, 2.75) is 17.7 Å². The smallest absolute Gasteiger partial charge is 0.243 e. The summed E-state index contributed by atoms with van der Waals surface area (Å²) in [6.45, 7) is 1.19. The first-order valence-corrected chi connectivity index (χ1v) is 8.31. The molecule has 0 unspecified atom stereocenters. The predicted octanol–water partition coefficient (Wildman–Crippen LogP) is 1.83. The van der Waals surface area contributed by atoms with Crippen LogP contribution in [0.5, 0.6) is 0 Å². The van der Waals surface area contributed by atoms with Crippen LogP contribution in [0.25, 0.3) is 11.3 Å². The van der Waals surface area contributed by atoms with Crippen LogP contribution in [-0.4, -0.2) is 30.8 Å². The molecular weight excluding hydrogens is 288 g/mol. The standard InChI is InChI=1S/C15H16N2O3S/c18-13-7-8-16-15(11-13)12-3-5-14(6-4-12)21(19,20)17-9-1-2-10-17/h3-8,11H,1-2,9-10H2,(H,16,18). The van der Waals surface area contributed by atoms with E-state index in [1.807, 2.05) is 0 Å². The van der Waals surface area contributed by atoms with Crippen LogP contribution >= 0.6 is 0 Å². The van der Waals surface area contributed by atoms with E-state index >= 15 is 0 Å². The minimum absolute atomic E-state index is 0.0856. The Morgan fingerprint density at radius 3 is 2.29 bits per heavy atom. The highest BCUT2D eigenvalue weighted by molar-refractivity contribution is 7.89. The van der Waals surface area contributed by atoms with Gasteiger partial charge in [-0.25, -0.2) is 8.42 Å². The van der Waals surface area contributed by atoms with Crippen molar-refractivity contribution in [1.29, 1.82) is 0 Å². The maximum atomic E-state index is 12.4. The summed E-state index contributed by atoms with van der Waals surface area (Å²) >= 11 is 0. The first-order valence-electron chi connectivity index (χ1n) is 6.87. The second-order valence-electron chi connectivity index (χ2n) is 5.07. The van der Waals surface area contributed by atoms with Gasteiger partial charge in [0.15, 0.2) is 5.43 Å². The van der Waals surface area contributed by atoms with Gasteiger partial charge >= 0.3 is 0 Å². The molecule has 0 atom stereocenters. The maximum Gasteiger partial charge on any atom is 0.243 e. The summed E-state index contributed by atoms with van der Waals surface area (Å²) in [5.74, 6) is 0. The van der Waals surface area contributed by atoms with E-state index in [2.05, 4.69) is 4.98 Å². The van der Waals surface area contributed by atoms with Crippen molar-refractivity contribution in [3.05, 3.63) is 52.8 Å². The topological polar surface area (TPSA) is 70.2 Å². The molecule has 0 bridgehead atoms. The summed E-state index contributed by atoms with van der Waals surface area (Å²) in [7, 11) is -3.38. The van der Waals surface area contributed by atoms with Crippen molar-refractivity contribution in [3.63, 3.8) is 0 Å². The molecular formula is C15H16N2O3S. The van der Waals surface area contributed by atoms with Crippen LogP contribution in [0, 0.1) is 0 Å². The minimum atomic E-state index is -3.38. The molecule has 21 heavy (non-hydrogen) atoms. The zero-order valence-corrected chi connectivity index (χ0v) is 12.3. The summed E-state index contributed by atoms with van der Waals surface area (Å²) in [4.78, 5) is 14.6. The SMILES string of the molecule is O=c1cc[nH]c(-c2ccc(S(=O)(=O)N3CCCC3)cc2)c1. The Morgan fingerprint density at radius 1 is 1.00 bits per heavy atom. The second-order valence-corrected chi connectivity index (χ2v) is 7.01. The molecule has 1 aliphatic heterocycles. The number of benzene rings is 1. The third-order valence-corrected chi connectivity index (χ3v) is 5.55. The lowest BCUT2D eigenvalue weighted by atomic mass is 10.1. The van der Waals surface area contributed by atoms with Crippen molar-refractivity contribution < 1.29 is 8.42 Å². The molecule has 1 fully saturated rings.